The molecular formula is C10H19F3N2. The standard InChI is InChI=1S/C10H19F3N2/c1-8(14-2)7-15-5-3-9(4-6-15)10(11,12)13/h8-9,14H,3-7H2,1-2H3. The second kappa shape index (κ2) is 5.16. The molecule has 5 heteroatoms. The number of hydrogen-bond acceptors (Lipinski definition) is 2. The van der Waals surface area contributed by atoms with Crippen LogP contribution in [-0.2, 0) is 0 Å². The Hall–Kier alpha value is -0.290. The summed E-state index contributed by atoms with van der Waals surface area (Å²) < 4.78 is 37.1. The van der Waals surface area contributed by atoms with Gasteiger partial charge in [0.2, 0.25) is 0 Å². The van der Waals surface area contributed by atoms with Crippen molar-refractivity contribution in [1.82, 2.24) is 10.2 Å². The van der Waals surface area contributed by atoms with Crippen LogP contribution in [0.15, 0.2) is 0 Å². The molecule has 0 spiro atoms. The molecule has 1 aliphatic rings. The van der Waals surface area contributed by atoms with E-state index in [0.717, 1.165) is 6.54 Å². The fourth-order valence-corrected chi connectivity index (χ4v) is 1.92. The van der Waals surface area contributed by atoms with E-state index < -0.39 is 12.1 Å². The first-order chi connectivity index (χ1) is 6.93. The highest BCUT2D eigenvalue weighted by Gasteiger charge is 2.40. The zero-order valence-corrected chi connectivity index (χ0v) is 9.27. The molecular weight excluding hydrogens is 205 g/mol. The Bertz CT molecular complexity index is 186. The second-order valence-corrected chi connectivity index (χ2v) is 4.31. The van der Waals surface area contributed by atoms with Crippen LogP contribution in [-0.4, -0.2) is 43.8 Å². The Morgan fingerprint density at radius 3 is 2.27 bits per heavy atom. The van der Waals surface area contributed by atoms with E-state index in [-0.39, 0.29) is 12.8 Å². The topological polar surface area (TPSA) is 15.3 Å². The smallest absolute Gasteiger partial charge is 0.316 e. The predicted octanol–water partition coefficient (Wildman–Crippen LogP) is 1.87. The van der Waals surface area contributed by atoms with Crippen LogP contribution in [0.25, 0.3) is 0 Å². The Morgan fingerprint density at radius 2 is 1.87 bits per heavy atom. The number of likely N-dealkylation sites (tertiary alicyclic amines) is 1. The van der Waals surface area contributed by atoms with Gasteiger partial charge in [0, 0.05) is 12.6 Å². The monoisotopic (exact) mass is 224 g/mol. The van der Waals surface area contributed by atoms with Crippen molar-refractivity contribution in [3.05, 3.63) is 0 Å². The normalized spacial score (nSPS) is 23.0. The Balaban J connectivity index is 2.30. The van der Waals surface area contributed by atoms with Crippen LogP contribution in [0.4, 0.5) is 13.2 Å². The summed E-state index contributed by atoms with van der Waals surface area (Å²) in [6.07, 6.45) is -3.50. The molecule has 0 aromatic carbocycles. The number of halogens is 3. The quantitative estimate of drug-likeness (QED) is 0.787. The maximum Gasteiger partial charge on any atom is 0.391 e. The van der Waals surface area contributed by atoms with Crippen LogP contribution in [0.2, 0.25) is 0 Å². The van der Waals surface area contributed by atoms with Crippen LogP contribution < -0.4 is 5.32 Å². The molecule has 1 fully saturated rings. The van der Waals surface area contributed by atoms with Gasteiger partial charge in [-0.25, -0.2) is 0 Å². The molecule has 0 aromatic rings. The maximum absolute atomic E-state index is 12.4. The van der Waals surface area contributed by atoms with Crippen molar-refractivity contribution in [3.8, 4) is 0 Å². The number of piperidine rings is 1. The summed E-state index contributed by atoms with van der Waals surface area (Å²) in [7, 11) is 1.87. The molecule has 0 amide bonds. The van der Waals surface area contributed by atoms with Gasteiger partial charge in [0.25, 0.3) is 0 Å². The largest absolute Gasteiger partial charge is 0.391 e. The van der Waals surface area contributed by atoms with Crippen molar-refractivity contribution in [3.63, 3.8) is 0 Å². The first-order valence-corrected chi connectivity index (χ1v) is 5.40. The zero-order chi connectivity index (χ0) is 11.5. The lowest BCUT2D eigenvalue weighted by atomic mass is 9.96. The Morgan fingerprint density at radius 1 is 1.33 bits per heavy atom. The van der Waals surface area contributed by atoms with E-state index in [2.05, 4.69) is 10.2 Å². The Kier molecular flexibility index (Phi) is 4.40. The van der Waals surface area contributed by atoms with Gasteiger partial charge in [-0.3, -0.25) is 0 Å². The number of alkyl halides is 3. The van der Waals surface area contributed by atoms with Gasteiger partial charge < -0.3 is 10.2 Å². The summed E-state index contributed by atoms with van der Waals surface area (Å²) in [5.41, 5.74) is 0. The first-order valence-electron chi connectivity index (χ1n) is 5.40. The summed E-state index contributed by atoms with van der Waals surface area (Å²) in [6.45, 7) is 4.00. The van der Waals surface area contributed by atoms with E-state index in [1.807, 2.05) is 14.0 Å². The highest BCUT2D eigenvalue weighted by molar-refractivity contribution is 4.78. The van der Waals surface area contributed by atoms with E-state index in [1.54, 1.807) is 0 Å². The van der Waals surface area contributed by atoms with Gasteiger partial charge in [-0.05, 0) is 39.9 Å². The molecule has 90 valence electrons. The van der Waals surface area contributed by atoms with Crippen molar-refractivity contribution in [2.45, 2.75) is 32.0 Å². The van der Waals surface area contributed by atoms with Crippen LogP contribution in [0.1, 0.15) is 19.8 Å². The van der Waals surface area contributed by atoms with E-state index in [4.69, 9.17) is 0 Å². The minimum atomic E-state index is -4.00. The van der Waals surface area contributed by atoms with E-state index >= 15 is 0 Å². The van der Waals surface area contributed by atoms with Gasteiger partial charge in [0.1, 0.15) is 0 Å². The number of nitrogens with one attached hydrogen (secondary N) is 1. The molecule has 2 nitrogen and oxygen atoms in total. The van der Waals surface area contributed by atoms with E-state index in [0.29, 0.717) is 19.1 Å². The van der Waals surface area contributed by atoms with E-state index in [9.17, 15) is 13.2 Å². The molecule has 15 heavy (non-hydrogen) atoms. The van der Waals surface area contributed by atoms with Crippen LogP contribution in [0, 0.1) is 5.92 Å². The molecule has 0 aromatic heterocycles. The summed E-state index contributed by atoms with van der Waals surface area (Å²) in [6, 6.07) is 0.340. The third-order valence-corrected chi connectivity index (χ3v) is 3.08. The Labute approximate surface area is 88.8 Å². The van der Waals surface area contributed by atoms with Gasteiger partial charge in [-0.1, -0.05) is 0 Å². The van der Waals surface area contributed by atoms with Crippen molar-refractivity contribution in [1.29, 1.82) is 0 Å². The van der Waals surface area contributed by atoms with Gasteiger partial charge >= 0.3 is 6.18 Å². The molecule has 0 bridgehead atoms. The molecule has 1 unspecified atom stereocenters. The molecule has 1 atom stereocenters. The minimum absolute atomic E-state index is 0.250. The van der Waals surface area contributed by atoms with Crippen LogP contribution in [0.5, 0.6) is 0 Å². The molecule has 1 saturated heterocycles. The molecule has 1 rings (SSSR count). The molecule has 0 saturated carbocycles. The zero-order valence-electron chi connectivity index (χ0n) is 9.27. The number of rotatable bonds is 3. The summed E-state index contributed by atoms with van der Waals surface area (Å²) in [5, 5.41) is 3.09. The third-order valence-electron chi connectivity index (χ3n) is 3.08. The highest BCUT2D eigenvalue weighted by Crippen LogP contribution is 2.33. The fourth-order valence-electron chi connectivity index (χ4n) is 1.92. The van der Waals surface area contributed by atoms with Crippen molar-refractivity contribution in [2.24, 2.45) is 5.92 Å². The average Bonchev–Trinajstić information content (AvgIpc) is 2.17. The number of hydrogen-bond donors (Lipinski definition) is 1. The van der Waals surface area contributed by atoms with Gasteiger partial charge in [0.15, 0.2) is 0 Å². The predicted molar refractivity (Wildman–Crippen MR) is 53.7 cm³/mol. The molecule has 1 N–H and O–H groups in total. The molecule has 0 aliphatic carbocycles. The maximum atomic E-state index is 12.4. The SMILES string of the molecule is CNC(C)CN1CCC(C(F)(F)F)CC1. The average molecular weight is 224 g/mol. The second-order valence-electron chi connectivity index (χ2n) is 4.31. The van der Waals surface area contributed by atoms with Crippen LogP contribution in [0.3, 0.4) is 0 Å². The van der Waals surface area contributed by atoms with Crippen molar-refractivity contribution >= 4 is 0 Å². The lowest BCUT2D eigenvalue weighted by Crippen LogP contribution is -2.44. The summed E-state index contributed by atoms with van der Waals surface area (Å²) in [4.78, 5) is 2.10. The summed E-state index contributed by atoms with van der Waals surface area (Å²) in [5.74, 6) is -1.08. The van der Waals surface area contributed by atoms with Crippen molar-refractivity contribution in [2.75, 3.05) is 26.7 Å². The molecule has 1 aliphatic heterocycles. The first kappa shape index (κ1) is 12.8. The van der Waals surface area contributed by atoms with E-state index in [1.165, 1.54) is 0 Å². The number of nitrogens with zero attached hydrogens (tertiary/aromatic N) is 1. The minimum Gasteiger partial charge on any atom is -0.316 e. The lowest BCUT2D eigenvalue weighted by Gasteiger charge is -2.34. The summed E-state index contributed by atoms with van der Waals surface area (Å²) >= 11 is 0. The molecule has 0 radical (unpaired) electrons. The third kappa shape index (κ3) is 3.99. The lowest BCUT2D eigenvalue weighted by molar-refractivity contribution is -0.185. The van der Waals surface area contributed by atoms with Crippen LogP contribution >= 0.6 is 0 Å². The van der Waals surface area contributed by atoms with Crippen molar-refractivity contribution < 1.29 is 13.2 Å². The number of likely N-dealkylation sites (N-methyl/N-ethyl adjacent to an activating group) is 1. The fraction of sp³-hybridized carbons (Fsp3) is 1.00. The van der Waals surface area contributed by atoms with Gasteiger partial charge in [-0.15, -0.1) is 0 Å². The highest BCUT2D eigenvalue weighted by atomic mass is 19.4. The van der Waals surface area contributed by atoms with Gasteiger partial charge in [0.05, 0.1) is 5.92 Å². The van der Waals surface area contributed by atoms with Gasteiger partial charge in [-0.2, -0.15) is 13.2 Å². The molecule has 1 heterocycles.